The molecule has 0 aliphatic carbocycles. The topological polar surface area (TPSA) is 58.7 Å². The molecule has 0 atom stereocenters. The molecule has 7 heteroatoms. The minimum Gasteiger partial charge on any atom is -0.387 e. The molecule has 1 aromatic rings. The van der Waals surface area contributed by atoms with Crippen LogP contribution in [0.1, 0.15) is 44.2 Å². The van der Waals surface area contributed by atoms with Crippen molar-refractivity contribution in [2.45, 2.75) is 39.3 Å². The molecule has 1 aliphatic heterocycles. The normalized spacial score (nSPS) is 14.3. The zero-order chi connectivity index (χ0) is 18.6. The first kappa shape index (κ1) is 19.0. The molecule has 0 aromatic heterocycles. The van der Waals surface area contributed by atoms with Gasteiger partial charge >= 0.3 is 6.18 Å². The van der Waals surface area contributed by atoms with E-state index in [1.165, 1.54) is 6.07 Å². The molecule has 2 N–H and O–H groups in total. The van der Waals surface area contributed by atoms with Gasteiger partial charge in [0, 0.05) is 30.6 Å². The van der Waals surface area contributed by atoms with Gasteiger partial charge in [-0.05, 0) is 31.1 Å². The van der Waals surface area contributed by atoms with Crippen molar-refractivity contribution in [1.29, 1.82) is 0 Å². The summed E-state index contributed by atoms with van der Waals surface area (Å²) in [6.45, 7) is 5.23. The predicted molar refractivity (Wildman–Crippen MR) is 92.5 cm³/mol. The third-order valence-electron chi connectivity index (χ3n) is 3.87. The molecule has 25 heavy (non-hydrogen) atoms. The number of amidine groups is 1. The van der Waals surface area contributed by atoms with E-state index in [9.17, 15) is 18.0 Å². The average Bonchev–Trinajstić information content (AvgIpc) is 2.70. The number of benzene rings is 1. The number of hydrogen-bond acceptors (Lipinski definition) is 3. The molecule has 0 saturated heterocycles. The first-order chi connectivity index (χ1) is 11.8. The molecule has 136 valence electrons. The molecule has 0 unspecified atom stereocenters. The Morgan fingerprint density at radius 3 is 2.44 bits per heavy atom. The van der Waals surface area contributed by atoms with Crippen LogP contribution in [0.4, 0.5) is 18.9 Å². The highest BCUT2D eigenvalue weighted by Gasteiger charge is 2.31. The van der Waals surface area contributed by atoms with Crippen LogP contribution in [0.2, 0.25) is 0 Å². The molecule has 1 heterocycles. The summed E-state index contributed by atoms with van der Waals surface area (Å²) < 4.78 is 38.6. The maximum Gasteiger partial charge on any atom is 0.416 e. The number of alkyl halides is 3. The van der Waals surface area contributed by atoms with Crippen LogP contribution in [0, 0.1) is 0 Å². The van der Waals surface area contributed by atoms with E-state index < -0.39 is 11.7 Å². The lowest BCUT2D eigenvalue weighted by atomic mass is 10.0. The van der Waals surface area contributed by atoms with Crippen LogP contribution >= 0.6 is 0 Å². The Kier molecular flexibility index (Phi) is 5.87. The first-order valence-electron chi connectivity index (χ1n) is 8.30. The van der Waals surface area contributed by atoms with E-state index in [4.69, 9.17) is 5.73 Å². The van der Waals surface area contributed by atoms with Crippen LogP contribution in [0.15, 0.2) is 28.8 Å². The van der Waals surface area contributed by atoms with Crippen molar-refractivity contribution in [3.63, 3.8) is 0 Å². The number of aliphatic imine (C=N–C) groups is 1. The molecule has 0 bridgehead atoms. The summed E-state index contributed by atoms with van der Waals surface area (Å²) in [5.74, 6) is -0.0137. The Bertz CT molecular complexity index is 702. The van der Waals surface area contributed by atoms with Gasteiger partial charge in [0.2, 0.25) is 5.91 Å². The summed E-state index contributed by atoms with van der Waals surface area (Å²) in [4.78, 5) is 18.6. The molecular weight excluding hydrogens is 331 g/mol. The minimum atomic E-state index is -4.45. The second kappa shape index (κ2) is 7.72. The van der Waals surface area contributed by atoms with E-state index in [0.29, 0.717) is 24.2 Å². The van der Waals surface area contributed by atoms with Gasteiger partial charge in [-0.25, -0.2) is 4.99 Å². The second-order valence-corrected chi connectivity index (χ2v) is 6.01. The number of hydrogen-bond donors (Lipinski definition) is 1. The zero-order valence-electron chi connectivity index (χ0n) is 14.4. The van der Waals surface area contributed by atoms with Crippen molar-refractivity contribution in [3.8, 4) is 0 Å². The van der Waals surface area contributed by atoms with Gasteiger partial charge in [0.15, 0.2) is 0 Å². The Morgan fingerprint density at radius 2 is 1.88 bits per heavy atom. The molecular formula is C18H22F3N3O. The van der Waals surface area contributed by atoms with Crippen LogP contribution in [-0.4, -0.2) is 29.7 Å². The highest BCUT2D eigenvalue weighted by Crippen LogP contribution is 2.35. The van der Waals surface area contributed by atoms with Crippen LogP contribution < -0.4 is 5.73 Å². The van der Waals surface area contributed by atoms with Crippen molar-refractivity contribution in [2.75, 3.05) is 13.1 Å². The fourth-order valence-electron chi connectivity index (χ4n) is 2.76. The van der Waals surface area contributed by atoms with Crippen molar-refractivity contribution >= 4 is 23.5 Å². The van der Waals surface area contributed by atoms with E-state index in [2.05, 4.69) is 4.99 Å². The van der Waals surface area contributed by atoms with E-state index in [1.807, 2.05) is 13.8 Å². The summed E-state index contributed by atoms with van der Waals surface area (Å²) in [5.41, 5.74) is 6.10. The third kappa shape index (κ3) is 4.61. The maximum atomic E-state index is 12.9. The van der Waals surface area contributed by atoms with Crippen molar-refractivity contribution < 1.29 is 18.0 Å². The molecule has 2 rings (SSSR count). The zero-order valence-corrected chi connectivity index (χ0v) is 14.4. The molecule has 0 fully saturated rings. The highest BCUT2D eigenvalue weighted by molar-refractivity contribution is 6.05. The summed E-state index contributed by atoms with van der Waals surface area (Å²) in [5, 5.41) is 0. The molecule has 1 aliphatic rings. The summed E-state index contributed by atoms with van der Waals surface area (Å²) in [7, 11) is 0. The minimum absolute atomic E-state index is 0.124. The molecule has 0 radical (unpaired) electrons. The smallest absolute Gasteiger partial charge is 0.387 e. The lowest BCUT2D eigenvalue weighted by Gasteiger charge is -2.22. The number of carbonyl (C=O) groups is 1. The Labute approximate surface area is 145 Å². The monoisotopic (exact) mass is 353 g/mol. The van der Waals surface area contributed by atoms with Crippen LogP contribution in [-0.2, 0) is 11.0 Å². The highest BCUT2D eigenvalue weighted by atomic mass is 19.4. The van der Waals surface area contributed by atoms with Crippen LogP contribution in [0.5, 0.6) is 0 Å². The van der Waals surface area contributed by atoms with Crippen LogP contribution in [0.25, 0.3) is 6.08 Å². The van der Waals surface area contributed by atoms with Crippen molar-refractivity contribution in [2.24, 2.45) is 10.7 Å². The number of amides is 1. The van der Waals surface area contributed by atoms with E-state index in [0.717, 1.165) is 25.0 Å². The van der Waals surface area contributed by atoms with Gasteiger partial charge < -0.3 is 10.6 Å². The standard InChI is InChI=1S/C18H22F3N3O/c1-3-7-24(8-4-2)17(25)13-9-12-5-6-14(18(19,20)21)11-15(12)23-16(22)10-13/h5-6,9,11H,3-4,7-8,10H2,1-2H3,(H2,22,23). The Balaban J connectivity index is 2.41. The van der Waals surface area contributed by atoms with Crippen LogP contribution in [0.3, 0.4) is 0 Å². The number of nitrogens with two attached hydrogens (primary N) is 1. The number of carbonyl (C=O) groups excluding carboxylic acids is 1. The van der Waals surface area contributed by atoms with Gasteiger partial charge in [-0.3, -0.25) is 4.79 Å². The summed E-state index contributed by atoms with van der Waals surface area (Å²) in [6, 6.07) is 3.28. The van der Waals surface area contributed by atoms with Gasteiger partial charge in [0.05, 0.1) is 11.3 Å². The van der Waals surface area contributed by atoms with E-state index in [-0.39, 0.29) is 23.9 Å². The molecule has 1 amide bonds. The number of fused-ring (bicyclic) bond motifs is 1. The first-order valence-corrected chi connectivity index (χ1v) is 8.30. The SMILES string of the molecule is CCCN(CCC)C(=O)C1=Cc2ccc(C(F)(F)F)cc2N=C(N)C1. The third-order valence-corrected chi connectivity index (χ3v) is 3.87. The summed E-state index contributed by atoms with van der Waals surface area (Å²) >= 11 is 0. The lowest BCUT2D eigenvalue weighted by Crippen LogP contribution is -2.34. The van der Waals surface area contributed by atoms with Gasteiger partial charge in [0.25, 0.3) is 0 Å². The predicted octanol–water partition coefficient (Wildman–Crippen LogP) is 4.13. The van der Waals surface area contributed by atoms with Crippen molar-refractivity contribution in [1.82, 2.24) is 4.90 Å². The van der Waals surface area contributed by atoms with Gasteiger partial charge in [0.1, 0.15) is 5.84 Å². The molecule has 4 nitrogen and oxygen atoms in total. The lowest BCUT2D eigenvalue weighted by molar-refractivity contribution is -0.137. The summed E-state index contributed by atoms with van der Waals surface area (Å²) in [6.07, 6.45) is -1.08. The number of nitrogens with zero attached hydrogens (tertiary/aromatic N) is 2. The molecule has 1 aromatic carbocycles. The molecule has 0 spiro atoms. The van der Waals surface area contributed by atoms with E-state index in [1.54, 1.807) is 11.0 Å². The Hall–Kier alpha value is -2.31. The van der Waals surface area contributed by atoms with Gasteiger partial charge in [-0.15, -0.1) is 0 Å². The maximum absolute atomic E-state index is 12.9. The van der Waals surface area contributed by atoms with Gasteiger partial charge in [-0.1, -0.05) is 19.9 Å². The largest absolute Gasteiger partial charge is 0.416 e. The van der Waals surface area contributed by atoms with E-state index >= 15 is 0 Å². The number of halogens is 3. The van der Waals surface area contributed by atoms with Gasteiger partial charge in [-0.2, -0.15) is 13.2 Å². The molecule has 0 saturated carbocycles. The quantitative estimate of drug-likeness (QED) is 0.865. The Morgan fingerprint density at radius 1 is 1.24 bits per heavy atom. The average molecular weight is 353 g/mol. The second-order valence-electron chi connectivity index (χ2n) is 6.01. The van der Waals surface area contributed by atoms with Crippen molar-refractivity contribution in [3.05, 3.63) is 34.9 Å². The fraction of sp³-hybridized carbons (Fsp3) is 0.444. The number of rotatable bonds is 5. The fourth-order valence-corrected chi connectivity index (χ4v) is 2.76.